The van der Waals surface area contributed by atoms with Crippen molar-refractivity contribution in [3.8, 4) is 5.75 Å². The molecular formula is C11H15N3O4. The lowest BCUT2D eigenvalue weighted by molar-refractivity contribution is -0.384. The number of anilines is 1. The second-order valence-corrected chi connectivity index (χ2v) is 4.67. The summed E-state index contributed by atoms with van der Waals surface area (Å²) in [4.78, 5) is 21.6. The minimum absolute atomic E-state index is 0.00144. The summed E-state index contributed by atoms with van der Waals surface area (Å²) >= 11 is 0. The van der Waals surface area contributed by atoms with Gasteiger partial charge in [0.25, 0.3) is 5.69 Å². The third-order valence-electron chi connectivity index (χ3n) is 2.08. The van der Waals surface area contributed by atoms with Crippen LogP contribution in [0.1, 0.15) is 20.3 Å². The van der Waals surface area contributed by atoms with Gasteiger partial charge in [-0.2, -0.15) is 0 Å². The number of nitro groups is 1. The van der Waals surface area contributed by atoms with Gasteiger partial charge in [0.1, 0.15) is 5.75 Å². The first-order valence-corrected chi connectivity index (χ1v) is 5.25. The minimum Gasteiger partial charge on any atom is -0.506 e. The summed E-state index contributed by atoms with van der Waals surface area (Å²) in [7, 11) is 0. The summed E-state index contributed by atoms with van der Waals surface area (Å²) in [5.74, 6) is -0.651. The van der Waals surface area contributed by atoms with Crippen LogP contribution in [0.15, 0.2) is 18.2 Å². The molecule has 0 bridgehead atoms. The van der Waals surface area contributed by atoms with Crippen molar-refractivity contribution in [2.75, 3.05) is 5.32 Å². The Hall–Kier alpha value is -2.15. The number of nitro benzene ring substituents is 1. The fraction of sp³-hybridized carbons (Fsp3) is 0.364. The van der Waals surface area contributed by atoms with Crippen molar-refractivity contribution in [1.29, 1.82) is 0 Å². The molecule has 0 heterocycles. The van der Waals surface area contributed by atoms with Crippen molar-refractivity contribution in [1.82, 2.24) is 0 Å². The van der Waals surface area contributed by atoms with Crippen molar-refractivity contribution in [3.63, 3.8) is 0 Å². The summed E-state index contributed by atoms with van der Waals surface area (Å²) < 4.78 is 0. The van der Waals surface area contributed by atoms with Gasteiger partial charge >= 0.3 is 0 Å². The number of carbonyl (C=O) groups is 1. The van der Waals surface area contributed by atoms with Crippen LogP contribution in [-0.2, 0) is 4.79 Å². The minimum atomic E-state index is -0.694. The maximum absolute atomic E-state index is 11.6. The molecule has 0 aliphatic carbocycles. The fourth-order valence-corrected chi connectivity index (χ4v) is 1.35. The topological polar surface area (TPSA) is 118 Å². The molecule has 4 N–H and O–H groups in total. The predicted octanol–water partition coefficient (Wildman–Crippen LogP) is 1.37. The van der Waals surface area contributed by atoms with Gasteiger partial charge in [-0.3, -0.25) is 14.9 Å². The van der Waals surface area contributed by atoms with E-state index in [9.17, 15) is 20.0 Å². The highest BCUT2D eigenvalue weighted by atomic mass is 16.6. The molecule has 1 aromatic rings. The first kappa shape index (κ1) is 13.9. The molecule has 0 aromatic heterocycles. The first-order chi connectivity index (χ1) is 8.19. The van der Waals surface area contributed by atoms with Crippen LogP contribution >= 0.6 is 0 Å². The normalized spacial score (nSPS) is 11.1. The molecule has 0 unspecified atom stereocenters. The molecule has 98 valence electrons. The first-order valence-electron chi connectivity index (χ1n) is 5.25. The molecule has 0 aliphatic rings. The zero-order chi connectivity index (χ0) is 13.9. The monoisotopic (exact) mass is 253 g/mol. The van der Waals surface area contributed by atoms with Crippen LogP contribution in [0, 0.1) is 10.1 Å². The van der Waals surface area contributed by atoms with Crippen LogP contribution in [0.5, 0.6) is 5.75 Å². The third-order valence-corrected chi connectivity index (χ3v) is 2.08. The van der Waals surface area contributed by atoms with Crippen LogP contribution in [0.2, 0.25) is 0 Å². The van der Waals surface area contributed by atoms with Crippen molar-refractivity contribution in [2.45, 2.75) is 25.8 Å². The van der Waals surface area contributed by atoms with E-state index in [4.69, 9.17) is 5.73 Å². The smallest absolute Gasteiger partial charge is 0.271 e. The molecule has 0 fully saturated rings. The summed E-state index contributed by atoms with van der Waals surface area (Å²) in [6.07, 6.45) is 0.0368. The second kappa shape index (κ2) is 5.01. The third kappa shape index (κ3) is 4.02. The maximum Gasteiger partial charge on any atom is 0.271 e. The van der Waals surface area contributed by atoms with Gasteiger partial charge in [0.15, 0.2) is 0 Å². The van der Waals surface area contributed by atoms with Crippen molar-refractivity contribution >= 4 is 17.3 Å². The molecule has 1 rings (SSSR count). The summed E-state index contributed by atoms with van der Waals surface area (Å²) in [6.45, 7) is 3.36. The molecule has 0 saturated carbocycles. The SMILES string of the molecule is CC(C)(N)CC(=O)Nc1cc([N+](=O)[O-])ccc1O. The summed E-state index contributed by atoms with van der Waals surface area (Å²) in [5.41, 5.74) is 4.77. The number of phenols is 1. The van der Waals surface area contributed by atoms with E-state index in [0.717, 1.165) is 18.2 Å². The summed E-state index contributed by atoms with van der Waals surface area (Å²) in [6, 6.07) is 3.40. The van der Waals surface area contributed by atoms with Crippen LogP contribution in [-0.4, -0.2) is 21.5 Å². The lowest BCUT2D eigenvalue weighted by atomic mass is 10.0. The number of benzene rings is 1. The van der Waals surface area contributed by atoms with Crippen LogP contribution in [0.25, 0.3) is 0 Å². The van der Waals surface area contributed by atoms with Gasteiger partial charge in [-0.05, 0) is 19.9 Å². The molecule has 0 aliphatic heterocycles. The Morgan fingerprint density at radius 2 is 2.17 bits per heavy atom. The lowest BCUT2D eigenvalue weighted by Gasteiger charge is -2.17. The van der Waals surface area contributed by atoms with Crippen LogP contribution < -0.4 is 11.1 Å². The molecule has 1 amide bonds. The number of hydrogen-bond acceptors (Lipinski definition) is 5. The quantitative estimate of drug-likeness (QED) is 0.425. The zero-order valence-corrected chi connectivity index (χ0v) is 10.1. The maximum atomic E-state index is 11.6. The van der Waals surface area contributed by atoms with Gasteiger partial charge < -0.3 is 16.2 Å². The largest absolute Gasteiger partial charge is 0.506 e. The fourth-order valence-electron chi connectivity index (χ4n) is 1.35. The molecule has 0 spiro atoms. The Balaban J connectivity index is 2.87. The van der Waals surface area contributed by atoms with E-state index in [1.54, 1.807) is 13.8 Å². The highest BCUT2D eigenvalue weighted by Crippen LogP contribution is 2.28. The predicted molar refractivity (Wildman–Crippen MR) is 66.3 cm³/mol. The Morgan fingerprint density at radius 3 is 2.67 bits per heavy atom. The van der Waals surface area contributed by atoms with Crippen LogP contribution in [0.4, 0.5) is 11.4 Å². The van der Waals surface area contributed by atoms with Gasteiger partial charge in [0, 0.05) is 24.1 Å². The lowest BCUT2D eigenvalue weighted by Crippen LogP contribution is -2.36. The zero-order valence-electron chi connectivity index (χ0n) is 10.1. The molecule has 7 heteroatoms. The number of nitrogens with zero attached hydrogens (tertiary/aromatic N) is 1. The number of amides is 1. The van der Waals surface area contributed by atoms with E-state index in [2.05, 4.69) is 5.32 Å². The van der Waals surface area contributed by atoms with Gasteiger partial charge in [-0.1, -0.05) is 0 Å². The molecule has 7 nitrogen and oxygen atoms in total. The number of rotatable bonds is 4. The molecule has 1 aromatic carbocycles. The van der Waals surface area contributed by atoms with E-state index in [1.165, 1.54) is 0 Å². The van der Waals surface area contributed by atoms with Crippen LogP contribution in [0.3, 0.4) is 0 Å². The van der Waals surface area contributed by atoms with Crippen molar-refractivity contribution in [3.05, 3.63) is 28.3 Å². The molecular weight excluding hydrogens is 238 g/mol. The number of hydrogen-bond donors (Lipinski definition) is 3. The number of non-ortho nitro benzene ring substituents is 1. The Morgan fingerprint density at radius 1 is 1.56 bits per heavy atom. The van der Waals surface area contributed by atoms with E-state index >= 15 is 0 Å². The Labute approximate surface area is 104 Å². The molecule has 0 atom stereocenters. The van der Waals surface area contributed by atoms with E-state index in [-0.39, 0.29) is 23.5 Å². The highest BCUT2D eigenvalue weighted by Gasteiger charge is 2.18. The molecule has 0 saturated heterocycles. The second-order valence-electron chi connectivity index (χ2n) is 4.67. The van der Waals surface area contributed by atoms with E-state index in [0.29, 0.717) is 0 Å². The van der Waals surface area contributed by atoms with Crippen molar-refractivity contribution < 1.29 is 14.8 Å². The number of nitrogens with one attached hydrogen (secondary N) is 1. The number of nitrogens with two attached hydrogens (primary N) is 1. The van der Waals surface area contributed by atoms with E-state index in [1.807, 2.05) is 0 Å². The number of carbonyl (C=O) groups excluding carboxylic acids is 1. The van der Waals surface area contributed by atoms with Gasteiger partial charge in [-0.25, -0.2) is 0 Å². The standard InChI is InChI=1S/C11H15N3O4/c1-11(2,12)6-10(16)13-8-5-7(14(17)18)3-4-9(8)15/h3-5,15H,6,12H2,1-2H3,(H,13,16). The average Bonchev–Trinajstić information content (AvgIpc) is 2.18. The van der Waals surface area contributed by atoms with Gasteiger partial charge in [-0.15, -0.1) is 0 Å². The van der Waals surface area contributed by atoms with Crippen molar-refractivity contribution in [2.24, 2.45) is 5.73 Å². The number of phenolic OH excluding ortho intramolecular Hbond substituents is 1. The molecule has 18 heavy (non-hydrogen) atoms. The van der Waals surface area contributed by atoms with Gasteiger partial charge in [0.05, 0.1) is 10.6 Å². The Bertz CT molecular complexity index is 480. The van der Waals surface area contributed by atoms with E-state index < -0.39 is 16.4 Å². The average molecular weight is 253 g/mol. The Kier molecular flexibility index (Phi) is 3.87. The highest BCUT2D eigenvalue weighted by molar-refractivity contribution is 5.93. The van der Waals surface area contributed by atoms with Gasteiger partial charge in [0.2, 0.25) is 5.91 Å². The molecule has 0 radical (unpaired) electrons. The summed E-state index contributed by atoms with van der Waals surface area (Å²) in [5, 5.41) is 22.5. The number of aromatic hydroxyl groups is 1.